The highest BCUT2D eigenvalue weighted by Gasteiger charge is 2.19. The lowest BCUT2D eigenvalue weighted by Gasteiger charge is -2.23. The highest BCUT2D eigenvalue weighted by molar-refractivity contribution is 6.32. The lowest BCUT2D eigenvalue weighted by atomic mass is 10.0. The summed E-state index contributed by atoms with van der Waals surface area (Å²) in [5.74, 6) is 0.0863. The van der Waals surface area contributed by atoms with Crippen molar-refractivity contribution in [1.29, 1.82) is 0 Å². The van der Waals surface area contributed by atoms with Crippen LogP contribution in [0.15, 0.2) is 18.2 Å². The van der Waals surface area contributed by atoms with E-state index >= 15 is 0 Å². The standard InChI is InChI=1S/C13H20ClNO3/c1-13(17,6-7-18-2)9-15-8-10-4-3-5-11(14)12(10)16/h3-5,15-17H,6-9H2,1-2H3. The summed E-state index contributed by atoms with van der Waals surface area (Å²) < 4.78 is 4.93. The van der Waals surface area contributed by atoms with Crippen LogP contribution in [0, 0.1) is 0 Å². The second-order valence-electron chi connectivity index (χ2n) is 4.59. The van der Waals surface area contributed by atoms with Crippen LogP contribution in [0.4, 0.5) is 0 Å². The number of aromatic hydroxyl groups is 1. The summed E-state index contributed by atoms with van der Waals surface area (Å²) in [5, 5.41) is 23.2. The van der Waals surface area contributed by atoms with Gasteiger partial charge in [-0.25, -0.2) is 0 Å². The Morgan fingerprint density at radius 1 is 1.44 bits per heavy atom. The van der Waals surface area contributed by atoms with E-state index in [9.17, 15) is 10.2 Å². The first-order chi connectivity index (χ1) is 8.46. The number of hydrogen-bond acceptors (Lipinski definition) is 4. The number of nitrogens with one attached hydrogen (secondary N) is 1. The Morgan fingerprint density at radius 3 is 2.83 bits per heavy atom. The molecule has 3 N–H and O–H groups in total. The molecule has 0 heterocycles. The molecule has 0 bridgehead atoms. The third kappa shape index (κ3) is 4.82. The average molecular weight is 274 g/mol. The van der Waals surface area contributed by atoms with Gasteiger partial charge in [-0.1, -0.05) is 23.7 Å². The molecule has 1 unspecified atom stereocenters. The fraction of sp³-hybridized carbons (Fsp3) is 0.538. The smallest absolute Gasteiger partial charge is 0.138 e. The topological polar surface area (TPSA) is 61.7 Å². The van der Waals surface area contributed by atoms with Gasteiger partial charge in [0.15, 0.2) is 0 Å². The Labute approximate surface area is 113 Å². The third-order valence-corrected chi connectivity index (χ3v) is 3.04. The first-order valence-corrected chi connectivity index (χ1v) is 6.22. The number of rotatable bonds is 7. The van der Waals surface area contributed by atoms with Gasteiger partial charge in [0.25, 0.3) is 0 Å². The number of hydrogen-bond donors (Lipinski definition) is 3. The van der Waals surface area contributed by atoms with Crippen LogP contribution in [0.5, 0.6) is 5.75 Å². The molecule has 1 atom stereocenters. The molecule has 0 spiro atoms. The minimum atomic E-state index is -0.829. The van der Waals surface area contributed by atoms with Gasteiger partial charge in [0, 0.05) is 38.8 Å². The van der Waals surface area contributed by atoms with E-state index < -0.39 is 5.60 Å². The number of ether oxygens (including phenoxy) is 1. The number of phenols is 1. The van der Waals surface area contributed by atoms with Crippen LogP contribution in [0.25, 0.3) is 0 Å². The van der Waals surface area contributed by atoms with Crippen molar-refractivity contribution < 1.29 is 14.9 Å². The molecule has 0 aliphatic carbocycles. The zero-order chi connectivity index (χ0) is 13.6. The Bertz CT molecular complexity index is 382. The molecule has 0 amide bonds. The number of phenolic OH excluding ortho intramolecular Hbond substituents is 1. The summed E-state index contributed by atoms with van der Waals surface area (Å²) in [7, 11) is 1.60. The molecule has 102 valence electrons. The van der Waals surface area contributed by atoms with E-state index in [-0.39, 0.29) is 5.75 Å². The monoisotopic (exact) mass is 273 g/mol. The second kappa shape index (κ2) is 6.95. The Kier molecular flexibility index (Phi) is 5.88. The van der Waals surface area contributed by atoms with Crippen molar-refractivity contribution in [2.24, 2.45) is 0 Å². The molecule has 0 aliphatic heterocycles. The zero-order valence-corrected chi connectivity index (χ0v) is 11.5. The fourth-order valence-electron chi connectivity index (χ4n) is 1.58. The van der Waals surface area contributed by atoms with Gasteiger partial charge in [0.05, 0.1) is 10.6 Å². The molecule has 0 fully saturated rings. The van der Waals surface area contributed by atoms with Crippen LogP contribution < -0.4 is 5.32 Å². The third-order valence-electron chi connectivity index (χ3n) is 2.74. The summed E-state index contributed by atoms with van der Waals surface area (Å²) in [6, 6.07) is 5.20. The minimum absolute atomic E-state index is 0.0863. The number of para-hydroxylation sites is 1. The van der Waals surface area contributed by atoms with Crippen molar-refractivity contribution in [3.8, 4) is 5.75 Å². The average Bonchev–Trinajstić information content (AvgIpc) is 2.32. The van der Waals surface area contributed by atoms with Crippen LogP contribution in [-0.2, 0) is 11.3 Å². The molecule has 0 aliphatic rings. The van der Waals surface area contributed by atoms with E-state index in [1.165, 1.54) is 0 Å². The Hall–Kier alpha value is -0.810. The van der Waals surface area contributed by atoms with E-state index in [4.69, 9.17) is 16.3 Å². The van der Waals surface area contributed by atoms with Crippen LogP contribution in [0.1, 0.15) is 18.9 Å². The van der Waals surface area contributed by atoms with Gasteiger partial charge in [-0.2, -0.15) is 0 Å². The maximum absolute atomic E-state index is 10.0. The lowest BCUT2D eigenvalue weighted by molar-refractivity contribution is 0.0247. The predicted molar refractivity (Wildman–Crippen MR) is 71.9 cm³/mol. The van der Waals surface area contributed by atoms with Gasteiger partial charge in [-0.05, 0) is 13.0 Å². The summed E-state index contributed by atoms with van der Waals surface area (Å²) >= 11 is 5.81. The van der Waals surface area contributed by atoms with E-state index in [1.807, 2.05) is 0 Å². The van der Waals surface area contributed by atoms with Crippen LogP contribution in [0.3, 0.4) is 0 Å². The largest absolute Gasteiger partial charge is 0.506 e. The molecule has 1 aromatic carbocycles. The molecule has 1 rings (SSSR count). The van der Waals surface area contributed by atoms with Crippen LogP contribution in [-0.4, -0.2) is 36.1 Å². The molecule has 4 nitrogen and oxygen atoms in total. The van der Waals surface area contributed by atoms with Crippen molar-refractivity contribution in [1.82, 2.24) is 5.32 Å². The maximum Gasteiger partial charge on any atom is 0.138 e. The number of methoxy groups -OCH3 is 1. The Balaban J connectivity index is 2.44. The van der Waals surface area contributed by atoms with E-state index in [2.05, 4.69) is 5.32 Å². The summed E-state index contributed by atoms with van der Waals surface area (Å²) in [5.41, 5.74) is -0.116. The van der Waals surface area contributed by atoms with Gasteiger partial charge in [-0.15, -0.1) is 0 Å². The Morgan fingerprint density at radius 2 is 2.17 bits per heavy atom. The zero-order valence-electron chi connectivity index (χ0n) is 10.7. The first kappa shape index (κ1) is 15.2. The highest BCUT2D eigenvalue weighted by atomic mass is 35.5. The van der Waals surface area contributed by atoms with Crippen molar-refractivity contribution in [2.45, 2.75) is 25.5 Å². The number of benzene rings is 1. The maximum atomic E-state index is 10.0. The molecule has 0 saturated carbocycles. The lowest BCUT2D eigenvalue weighted by Crippen LogP contribution is -2.38. The molecule has 5 heteroatoms. The molecular weight excluding hydrogens is 254 g/mol. The van der Waals surface area contributed by atoms with Crippen molar-refractivity contribution >= 4 is 11.6 Å². The van der Waals surface area contributed by atoms with Crippen LogP contribution in [0.2, 0.25) is 5.02 Å². The van der Waals surface area contributed by atoms with Gasteiger partial charge in [0.2, 0.25) is 0 Å². The molecule has 0 saturated heterocycles. The van der Waals surface area contributed by atoms with Crippen molar-refractivity contribution in [3.05, 3.63) is 28.8 Å². The summed E-state index contributed by atoms with van der Waals surface area (Å²) in [6.07, 6.45) is 0.554. The van der Waals surface area contributed by atoms with Gasteiger partial charge >= 0.3 is 0 Å². The molecule has 1 aromatic rings. The SMILES string of the molecule is COCCC(C)(O)CNCc1cccc(Cl)c1O. The van der Waals surface area contributed by atoms with Gasteiger partial charge < -0.3 is 20.3 Å². The van der Waals surface area contributed by atoms with Crippen molar-refractivity contribution in [3.63, 3.8) is 0 Å². The number of aliphatic hydroxyl groups is 1. The molecule has 0 aromatic heterocycles. The van der Waals surface area contributed by atoms with Crippen LogP contribution >= 0.6 is 11.6 Å². The molecule has 0 radical (unpaired) electrons. The van der Waals surface area contributed by atoms with Gasteiger partial charge in [-0.3, -0.25) is 0 Å². The van der Waals surface area contributed by atoms with Gasteiger partial charge in [0.1, 0.15) is 5.75 Å². The summed E-state index contributed by atoms with van der Waals surface area (Å²) in [6.45, 7) is 3.13. The quantitative estimate of drug-likeness (QED) is 0.710. The fourth-order valence-corrected chi connectivity index (χ4v) is 1.77. The normalized spacial score (nSPS) is 14.4. The summed E-state index contributed by atoms with van der Waals surface area (Å²) in [4.78, 5) is 0. The minimum Gasteiger partial charge on any atom is -0.506 e. The molecule has 18 heavy (non-hydrogen) atoms. The van der Waals surface area contributed by atoms with Crippen molar-refractivity contribution in [2.75, 3.05) is 20.3 Å². The van der Waals surface area contributed by atoms with E-state index in [0.29, 0.717) is 36.7 Å². The second-order valence-corrected chi connectivity index (χ2v) is 5.00. The number of halogens is 1. The van der Waals surface area contributed by atoms with E-state index in [0.717, 1.165) is 0 Å². The van der Waals surface area contributed by atoms with E-state index in [1.54, 1.807) is 32.2 Å². The first-order valence-electron chi connectivity index (χ1n) is 5.84. The highest BCUT2D eigenvalue weighted by Crippen LogP contribution is 2.26. The predicted octanol–water partition coefficient (Wildman–Crippen LogP) is 1.92. The molecular formula is C13H20ClNO3.